The SMILES string of the molecule is Cc1cccc(C#N)c1-n1c2ccc(-c3ccccc3)cc2c2cc(-n3c4ccccc4c4ccccc43)ccc21. The predicted octanol–water partition coefficient (Wildman–Crippen LogP) is 9.73. The van der Waals surface area contributed by atoms with Gasteiger partial charge in [-0.3, -0.25) is 0 Å². The first-order valence-corrected chi connectivity index (χ1v) is 13.9. The number of nitrogens with zero attached hydrogens (tertiary/aromatic N) is 3. The van der Waals surface area contributed by atoms with Gasteiger partial charge >= 0.3 is 0 Å². The average Bonchev–Trinajstić information content (AvgIpc) is 3.53. The van der Waals surface area contributed by atoms with Crippen molar-refractivity contribution in [1.29, 1.82) is 5.26 Å². The van der Waals surface area contributed by atoms with Crippen molar-refractivity contribution in [2.45, 2.75) is 6.92 Å². The highest BCUT2D eigenvalue weighted by molar-refractivity contribution is 6.13. The number of rotatable bonds is 3. The third kappa shape index (κ3) is 3.45. The maximum absolute atomic E-state index is 10.1. The summed E-state index contributed by atoms with van der Waals surface area (Å²) in [5.41, 5.74) is 10.7. The summed E-state index contributed by atoms with van der Waals surface area (Å²) < 4.78 is 4.63. The highest BCUT2D eigenvalue weighted by Crippen LogP contribution is 2.39. The van der Waals surface area contributed by atoms with Crippen LogP contribution in [0.3, 0.4) is 0 Å². The minimum atomic E-state index is 0.669. The van der Waals surface area contributed by atoms with Crippen molar-refractivity contribution in [3.8, 4) is 28.6 Å². The number of hydrogen-bond acceptors (Lipinski definition) is 1. The van der Waals surface area contributed by atoms with Crippen LogP contribution in [0.1, 0.15) is 11.1 Å². The van der Waals surface area contributed by atoms with Gasteiger partial charge in [-0.05, 0) is 72.1 Å². The lowest BCUT2D eigenvalue weighted by atomic mass is 10.0. The molecule has 8 rings (SSSR count). The molecule has 8 aromatic rings. The van der Waals surface area contributed by atoms with E-state index >= 15 is 0 Å². The molecule has 0 bridgehead atoms. The lowest BCUT2D eigenvalue weighted by Crippen LogP contribution is -2.00. The quantitative estimate of drug-likeness (QED) is 0.227. The van der Waals surface area contributed by atoms with Crippen LogP contribution < -0.4 is 0 Å². The molecule has 0 atom stereocenters. The van der Waals surface area contributed by atoms with Crippen LogP contribution >= 0.6 is 0 Å². The molecule has 2 heterocycles. The highest BCUT2D eigenvalue weighted by Gasteiger charge is 2.19. The summed E-state index contributed by atoms with van der Waals surface area (Å²) in [6.45, 7) is 2.08. The third-order valence-electron chi connectivity index (χ3n) is 8.28. The standard InChI is InChI=1S/C38H25N3/c1-25-10-9-13-28(24-39)38(25)41-36-20-18-27(26-11-3-2-4-12-26)22-32(36)33-23-29(19-21-37(33)41)40-34-16-7-5-14-30(34)31-15-6-8-17-35(31)40/h2-23H,1H3. The smallest absolute Gasteiger partial charge is 0.101 e. The van der Waals surface area contributed by atoms with Crippen LogP contribution in [0.25, 0.3) is 66.1 Å². The fourth-order valence-electron chi connectivity index (χ4n) is 6.45. The maximum atomic E-state index is 10.1. The van der Waals surface area contributed by atoms with Gasteiger partial charge in [0.25, 0.3) is 0 Å². The molecule has 0 aliphatic carbocycles. The van der Waals surface area contributed by atoms with E-state index in [4.69, 9.17) is 0 Å². The third-order valence-corrected chi connectivity index (χ3v) is 8.28. The van der Waals surface area contributed by atoms with E-state index in [0.717, 1.165) is 38.7 Å². The maximum Gasteiger partial charge on any atom is 0.101 e. The molecule has 0 spiro atoms. The molecule has 3 heteroatoms. The van der Waals surface area contributed by atoms with Crippen LogP contribution in [0, 0.1) is 18.3 Å². The van der Waals surface area contributed by atoms with E-state index in [1.807, 2.05) is 18.2 Å². The van der Waals surface area contributed by atoms with Gasteiger partial charge in [0.1, 0.15) is 6.07 Å². The van der Waals surface area contributed by atoms with Gasteiger partial charge in [0.2, 0.25) is 0 Å². The summed E-state index contributed by atoms with van der Waals surface area (Å²) in [6.07, 6.45) is 0. The average molecular weight is 524 g/mol. The second-order valence-corrected chi connectivity index (χ2v) is 10.6. The fraction of sp³-hybridized carbons (Fsp3) is 0.0263. The van der Waals surface area contributed by atoms with E-state index in [1.54, 1.807) is 0 Å². The van der Waals surface area contributed by atoms with Crippen molar-refractivity contribution in [1.82, 2.24) is 9.13 Å². The normalized spacial score (nSPS) is 11.5. The Kier molecular flexibility index (Phi) is 5.10. The van der Waals surface area contributed by atoms with E-state index in [9.17, 15) is 5.26 Å². The number of fused-ring (bicyclic) bond motifs is 6. The van der Waals surface area contributed by atoms with Crippen LogP contribution in [0.15, 0.2) is 133 Å². The van der Waals surface area contributed by atoms with E-state index in [2.05, 4.69) is 137 Å². The zero-order valence-electron chi connectivity index (χ0n) is 22.5. The summed E-state index contributed by atoms with van der Waals surface area (Å²) >= 11 is 0. The molecular weight excluding hydrogens is 498 g/mol. The van der Waals surface area contributed by atoms with E-state index in [0.29, 0.717) is 5.56 Å². The van der Waals surface area contributed by atoms with Crippen LogP contribution in [0.4, 0.5) is 0 Å². The highest BCUT2D eigenvalue weighted by atomic mass is 15.0. The topological polar surface area (TPSA) is 33.6 Å². The molecule has 0 aliphatic rings. The summed E-state index contributed by atoms with van der Waals surface area (Å²) in [4.78, 5) is 0. The first-order valence-electron chi connectivity index (χ1n) is 13.9. The fourth-order valence-corrected chi connectivity index (χ4v) is 6.45. The van der Waals surface area contributed by atoms with Crippen LogP contribution in [-0.2, 0) is 0 Å². The Balaban J connectivity index is 1.49. The number of aryl methyl sites for hydroxylation is 1. The minimum Gasteiger partial charge on any atom is -0.309 e. The Labute approximate surface area is 237 Å². The van der Waals surface area contributed by atoms with Gasteiger partial charge < -0.3 is 9.13 Å². The molecule has 0 N–H and O–H groups in total. The molecule has 0 saturated heterocycles. The van der Waals surface area contributed by atoms with Gasteiger partial charge in [-0.15, -0.1) is 0 Å². The van der Waals surface area contributed by atoms with Gasteiger partial charge in [-0.25, -0.2) is 0 Å². The lowest BCUT2D eigenvalue weighted by molar-refractivity contribution is 1.13. The number of nitriles is 1. The molecule has 0 amide bonds. The molecule has 192 valence electrons. The first-order chi connectivity index (χ1) is 20.2. The molecule has 2 aromatic heterocycles. The molecular formula is C38H25N3. The molecule has 0 fully saturated rings. The number of hydrogen-bond donors (Lipinski definition) is 0. The second-order valence-electron chi connectivity index (χ2n) is 10.6. The molecule has 3 nitrogen and oxygen atoms in total. The lowest BCUT2D eigenvalue weighted by Gasteiger charge is -2.13. The van der Waals surface area contributed by atoms with Gasteiger partial charge in [0.05, 0.1) is 33.3 Å². The molecule has 0 radical (unpaired) electrons. The summed E-state index contributed by atoms with van der Waals surface area (Å²) in [5.74, 6) is 0. The molecule has 6 aromatic carbocycles. The number of para-hydroxylation sites is 3. The Morgan fingerprint density at radius 3 is 1.80 bits per heavy atom. The minimum absolute atomic E-state index is 0.669. The van der Waals surface area contributed by atoms with Gasteiger partial charge in [-0.1, -0.05) is 84.9 Å². The van der Waals surface area contributed by atoms with Crippen molar-refractivity contribution in [3.63, 3.8) is 0 Å². The first kappa shape index (κ1) is 23.3. The summed E-state index contributed by atoms with van der Waals surface area (Å²) in [7, 11) is 0. The van der Waals surface area contributed by atoms with E-state index in [-0.39, 0.29) is 0 Å². The zero-order chi connectivity index (χ0) is 27.5. The summed E-state index contributed by atoms with van der Waals surface area (Å²) in [6, 6.07) is 49.5. The Morgan fingerprint density at radius 2 is 1.10 bits per heavy atom. The molecule has 41 heavy (non-hydrogen) atoms. The van der Waals surface area contributed by atoms with Crippen LogP contribution in [0.2, 0.25) is 0 Å². The van der Waals surface area contributed by atoms with Crippen molar-refractivity contribution in [3.05, 3.63) is 145 Å². The number of benzene rings is 6. The van der Waals surface area contributed by atoms with Crippen LogP contribution in [-0.4, -0.2) is 9.13 Å². The van der Waals surface area contributed by atoms with E-state index < -0.39 is 0 Å². The molecule has 0 aliphatic heterocycles. The van der Waals surface area contributed by atoms with Crippen molar-refractivity contribution >= 4 is 43.6 Å². The van der Waals surface area contributed by atoms with Gasteiger partial charge in [0.15, 0.2) is 0 Å². The Morgan fingerprint density at radius 1 is 0.488 bits per heavy atom. The second kappa shape index (κ2) is 8.98. The monoisotopic (exact) mass is 523 g/mol. The van der Waals surface area contributed by atoms with Crippen molar-refractivity contribution < 1.29 is 0 Å². The molecule has 0 saturated carbocycles. The van der Waals surface area contributed by atoms with Crippen LogP contribution in [0.5, 0.6) is 0 Å². The van der Waals surface area contributed by atoms with Gasteiger partial charge in [-0.2, -0.15) is 5.26 Å². The Bertz CT molecular complexity index is 2280. The van der Waals surface area contributed by atoms with Gasteiger partial charge in [0, 0.05) is 27.2 Å². The summed E-state index contributed by atoms with van der Waals surface area (Å²) in [5, 5.41) is 14.9. The number of aromatic nitrogens is 2. The predicted molar refractivity (Wildman–Crippen MR) is 170 cm³/mol. The van der Waals surface area contributed by atoms with Crippen molar-refractivity contribution in [2.24, 2.45) is 0 Å². The molecule has 0 unspecified atom stereocenters. The van der Waals surface area contributed by atoms with Crippen molar-refractivity contribution in [2.75, 3.05) is 0 Å². The van der Waals surface area contributed by atoms with E-state index in [1.165, 1.54) is 32.9 Å². The Hall–Kier alpha value is -5.59. The zero-order valence-corrected chi connectivity index (χ0v) is 22.5. The largest absolute Gasteiger partial charge is 0.309 e.